The first-order valence-corrected chi connectivity index (χ1v) is 10.5. The molecular weight excluding hydrogens is 366 g/mol. The normalized spacial score (nSPS) is 27.2. The molecular formula is C24H25NO4. The summed E-state index contributed by atoms with van der Waals surface area (Å²) < 4.78 is 5.66. The van der Waals surface area contributed by atoms with Crippen LogP contribution in [-0.4, -0.2) is 29.8 Å². The van der Waals surface area contributed by atoms with Gasteiger partial charge in [0, 0.05) is 12.0 Å². The predicted molar refractivity (Wildman–Crippen MR) is 109 cm³/mol. The molecule has 0 saturated heterocycles. The van der Waals surface area contributed by atoms with Crippen LogP contribution in [0.3, 0.4) is 0 Å². The Morgan fingerprint density at radius 3 is 2.14 bits per heavy atom. The Morgan fingerprint density at radius 1 is 0.931 bits per heavy atom. The lowest BCUT2D eigenvalue weighted by Gasteiger charge is -2.45. The van der Waals surface area contributed by atoms with Crippen LogP contribution in [-0.2, 0) is 9.53 Å². The number of hydrogen-bond acceptors (Lipinski definition) is 3. The number of rotatable bonds is 4. The number of alkyl carbamates (subject to hydrolysis) is 1. The number of benzene rings is 2. The van der Waals surface area contributed by atoms with E-state index < -0.39 is 12.1 Å². The van der Waals surface area contributed by atoms with E-state index in [1.165, 1.54) is 22.3 Å². The van der Waals surface area contributed by atoms with Crippen molar-refractivity contribution in [1.82, 2.24) is 5.32 Å². The van der Waals surface area contributed by atoms with Crippen molar-refractivity contribution in [2.45, 2.75) is 37.6 Å². The molecule has 5 heteroatoms. The molecule has 0 aromatic heterocycles. The fourth-order valence-electron chi connectivity index (χ4n) is 5.70. The first-order valence-electron chi connectivity index (χ1n) is 10.5. The van der Waals surface area contributed by atoms with Crippen LogP contribution < -0.4 is 5.32 Å². The second-order valence-electron chi connectivity index (χ2n) is 8.59. The highest BCUT2D eigenvalue weighted by atomic mass is 16.5. The number of carboxylic acids is 1. The minimum Gasteiger partial charge on any atom is -0.481 e. The highest BCUT2D eigenvalue weighted by Crippen LogP contribution is 2.46. The van der Waals surface area contributed by atoms with Crippen molar-refractivity contribution in [2.24, 2.45) is 17.8 Å². The first kappa shape index (κ1) is 18.2. The third-order valence-corrected chi connectivity index (χ3v) is 7.12. The molecule has 0 spiro atoms. The maximum atomic E-state index is 12.5. The Hall–Kier alpha value is -2.82. The number of carboxylic acid groups (broad SMARTS) is 1. The molecule has 6 rings (SSSR count). The summed E-state index contributed by atoms with van der Waals surface area (Å²) in [6.07, 6.45) is 2.95. The molecule has 0 radical (unpaired) electrons. The van der Waals surface area contributed by atoms with E-state index in [0.29, 0.717) is 13.0 Å². The van der Waals surface area contributed by atoms with Crippen LogP contribution in [0.4, 0.5) is 4.79 Å². The van der Waals surface area contributed by atoms with Crippen LogP contribution in [0.1, 0.15) is 42.7 Å². The molecule has 4 aliphatic rings. The Labute approximate surface area is 170 Å². The van der Waals surface area contributed by atoms with Gasteiger partial charge in [-0.1, -0.05) is 48.5 Å². The van der Waals surface area contributed by atoms with E-state index in [0.717, 1.165) is 19.3 Å². The van der Waals surface area contributed by atoms with Gasteiger partial charge in [0.25, 0.3) is 0 Å². The number of amides is 1. The number of fused-ring (bicyclic) bond motifs is 6. The van der Waals surface area contributed by atoms with Crippen molar-refractivity contribution >= 4 is 12.1 Å². The lowest BCUT2D eigenvalue weighted by Crippen LogP contribution is -2.51. The van der Waals surface area contributed by atoms with Gasteiger partial charge < -0.3 is 15.2 Å². The number of nitrogens with one attached hydrogen (secondary N) is 1. The Balaban J connectivity index is 1.24. The molecule has 4 atom stereocenters. The van der Waals surface area contributed by atoms with Gasteiger partial charge in [-0.25, -0.2) is 4.79 Å². The highest BCUT2D eigenvalue weighted by molar-refractivity contribution is 5.79. The second kappa shape index (κ2) is 7.21. The van der Waals surface area contributed by atoms with Gasteiger partial charge in [0.05, 0.1) is 5.92 Å². The monoisotopic (exact) mass is 391 g/mol. The molecule has 0 aliphatic heterocycles. The van der Waals surface area contributed by atoms with Crippen molar-refractivity contribution in [3.05, 3.63) is 59.7 Å². The molecule has 2 aromatic rings. The smallest absolute Gasteiger partial charge is 0.407 e. The molecule has 2 N–H and O–H groups in total. The Kier molecular flexibility index (Phi) is 4.53. The van der Waals surface area contributed by atoms with Crippen molar-refractivity contribution < 1.29 is 19.4 Å². The molecule has 2 aromatic carbocycles. The standard InChI is InChI=1S/C24H25NO4/c26-23(27)20-11-15-10-9-14(20)12-22(15)25-24(28)29-13-21-18-7-3-1-5-16(18)17-6-2-4-8-19(17)21/h1-8,14-15,20-22H,9-13H2,(H,25,28)(H,26,27)/t14-,15-,20-,22-/m1/s1. The summed E-state index contributed by atoms with van der Waals surface area (Å²) in [6.45, 7) is 0.304. The van der Waals surface area contributed by atoms with Gasteiger partial charge in [0.15, 0.2) is 0 Å². The van der Waals surface area contributed by atoms with E-state index in [9.17, 15) is 14.7 Å². The molecule has 3 fully saturated rings. The first-order chi connectivity index (χ1) is 14.1. The van der Waals surface area contributed by atoms with Gasteiger partial charge in [0.1, 0.15) is 6.61 Å². The van der Waals surface area contributed by atoms with E-state index in [2.05, 4.69) is 29.6 Å². The van der Waals surface area contributed by atoms with Crippen molar-refractivity contribution in [2.75, 3.05) is 6.61 Å². The SMILES string of the molecule is O=C(N[C@@H]1C[C@H]2CC[C@@H]1C[C@H]2C(=O)O)OCC1c2ccccc2-c2ccccc21. The molecule has 150 valence electrons. The number of aliphatic carboxylic acids is 1. The highest BCUT2D eigenvalue weighted by Gasteiger charge is 2.45. The fraction of sp³-hybridized carbons (Fsp3) is 0.417. The van der Waals surface area contributed by atoms with Crippen LogP contribution in [0.25, 0.3) is 11.1 Å². The molecule has 4 aliphatic carbocycles. The third kappa shape index (κ3) is 3.18. The van der Waals surface area contributed by atoms with Gasteiger partial charge in [0.2, 0.25) is 0 Å². The van der Waals surface area contributed by atoms with E-state index in [-0.39, 0.29) is 29.7 Å². The molecule has 0 heterocycles. The zero-order chi connectivity index (χ0) is 20.0. The average Bonchev–Trinajstić information content (AvgIpc) is 3.06. The largest absolute Gasteiger partial charge is 0.481 e. The van der Waals surface area contributed by atoms with E-state index in [1.54, 1.807) is 0 Å². The minimum absolute atomic E-state index is 0.0278. The summed E-state index contributed by atoms with van der Waals surface area (Å²) in [5, 5.41) is 12.4. The van der Waals surface area contributed by atoms with Crippen LogP contribution in [0.15, 0.2) is 48.5 Å². The maximum Gasteiger partial charge on any atom is 0.407 e. The van der Waals surface area contributed by atoms with Crippen LogP contribution in [0, 0.1) is 17.8 Å². The van der Waals surface area contributed by atoms with Crippen LogP contribution in [0.5, 0.6) is 0 Å². The molecule has 29 heavy (non-hydrogen) atoms. The average molecular weight is 391 g/mol. The summed E-state index contributed by atoms with van der Waals surface area (Å²) >= 11 is 0. The fourth-order valence-corrected chi connectivity index (χ4v) is 5.70. The molecule has 5 nitrogen and oxygen atoms in total. The van der Waals surface area contributed by atoms with E-state index in [4.69, 9.17) is 4.74 Å². The third-order valence-electron chi connectivity index (χ3n) is 7.12. The summed E-state index contributed by atoms with van der Waals surface area (Å²) in [4.78, 5) is 23.9. The van der Waals surface area contributed by atoms with Crippen LogP contribution in [0.2, 0.25) is 0 Å². The van der Waals surface area contributed by atoms with Crippen molar-refractivity contribution in [3.8, 4) is 11.1 Å². The maximum absolute atomic E-state index is 12.5. The number of carbonyl (C=O) groups is 2. The predicted octanol–water partition coefficient (Wildman–Crippen LogP) is 4.41. The summed E-state index contributed by atoms with van der Waals surface area (Å²) in [6, 6.07) is 16.6. The Morgan fingerprint density at radius 2 is 1.55 bits per heavy atom. The molecule has 1 amide bonds. The Bertz CT molecular complexity index is 910. The minimum atomic E-state index is -0.695. The number of ether oxygens (including phenoxy) is 1. The van der Waals surface area contributed by atoms with Crippen LogP contribution >= 0.6 is 0 Å². The lowest BCUT2D eigenvalue weighted by atomic mass is 9.62. The number of hydrogen-bond donors (Lipinski definition) is 2. The van der Waals surface area contributed by atoms with Gasteiger partial charge in [-0.2, -0.15) is 0 Å². The van der Waals surface area contributed by atoms with Gasteiger partial charge in [-0.15, -0.1) is 0 Å². The molecule has 2 bridgehead atoms. The number of carbonyl (C=O) groups excluding carboxylic acids is 1. The van der Waals surface area contributed by atoms with Gasteiger partial charge in [-0.3, -0.25) is 4.79 Å². The summed E-state index contributed by atoms with van der Waals surface area (Å²) in [7, 11) is 0. The molecule has 3 saturated carbocycles. The lowest BCUT2D eigenvalue weighted by molar-refractivity contribution is -0.148. The van der Waals surface area contributed by atoms with Crippen molar-refractivity contribution in [3.63, 3.8) is 0 Å². The zero-order valence-corrected chi connectivity index (χ0v) is 16.2. The second-order valence-corrected chi connectivity index (χ2v) is 8.59. The molecule has 0 unspecified atom stereocenters. The van der Waals surface area contributed by atoms with Gasteiger partial charge >= 0.3 is 12.1 Å². The quantitative estimate of drug-likeness (QED) is 0.809. The summed E-state index contributed by atoms with van der Waals surface area (Å²) in [5.41, 5.74) is 4.81. The zero-order valence-electron chi connectivity index (χ0n) is 16.2. The summed E-state index contributed by atoms with van der Waals surface area (Å²) in [5.74, 6) is -0.501. The van der Waals surface area contributed by atoms with E-state index >= 15 is 0 Å². The van der Waals surface area contributed by atoms with E-state index in [1.807, 2.05) is 24.3 Å². The van der Waals surface area contributed by atoms with Gasteiger partial charge in [-0.05, 0) is 59.8 Å². The topological polar surface area (TPSA) is 75.6 Å². The van der Waals surface area contributed by atoms with Crippen molar-refractivity contribution in [1.29, 1.82) is 0 Å².